The molecule has 0 radical (unpaired) electrons. The topological polar surface area (TPSA) is 32.3 Å². The van der Waals surface area contributed by atoms with Gasteiger partial charge in [0.05, 0.1) is 5.56 Å². The minimum Gasteiger partial charge on any atom is -0.384 e. The normalized spacial score (nSPS) is 19.1. The van der Waals surface area contributed by atoms with E-state index in [1.807, 2.05) is 29.2 Å². The highest BCUT2D eigenvalue weighted by Crippen LogP contribution is 2.23. The molecule has 1 aromatic rings. The van der Waals surface area contributed by atoms with E-state index in [0.717, 1.165) is 56.1 Å². The molecule has 3 heteroatoms. The van der Waals surface area contributed by atoms with E-state index in [4.69, 9.17) is 0 Å². The van der Waals surface area contributed by atoms with Crippen LogP contribution >= 0.6 is 0 Å². The SMILES string of the molecule is CCCNc1ccccc1C(=O)N1CCCC(CC)CC1. The summed E-state index contributed by atoms with van der Waals surface area (Å²) in [5.74, 6) is 0.974. The largest absolute Gasteiger partial charge is 0.384 e. The van der Waals surface area contributed by atoms with Crippen LogP contribution in [0.2, 0.25) is 0 Å². The van der Waals surface area contributed by atoms with Crippen molar-refractivity contribution in [3.63, 3.8) is 0 Å². The number of carbonyl (C=O) groups excluding carboxylic acids is 1. The molecule has 0 bridgehead atoms. The molecule has 116 valence electrons. The summed E-state index contributed by atoms with van der Waals surface area (Å²) in [6.07, 6.45) is 5.83. The number of amides is 1. The molecule has 0 saturated carbocycles. The van der Waals surface area contributed by atoms with Crippen LogP contribution in [0.1, 0.15) is 56.3 Å². The average Bonchev–Trinajstić information content (AvgIpc) is 2.78. The van der Waals surface area contributed by atoms with Gasteiger partial charge in [-0.2, -0.15) is 0 Å². The number of para-hydroxylation sites is 1. The molecule has 1 aliphatic rings. The monoisotopic (exact) mass is 288 g/mol. The second-order valence-electron chi connectivity index (χ2n) is 5.97. The lowest BCUT2D eigenvalue weighted by Crippen LogP contribution is -2.32. The van der Waals surface area contributed by atoms with E-state index in [9.17, 15) is 4.79 Å². The highest BCUT2D eigenvalue weighted by Gasteiger charge is 2.22. The smallest absolute Gasteiger partial charge is 0.255 e. The van der Waals surface area contributed by atoms with Crippen molar-refractivity contribution in [2.24, 2.45) is 5.92 Å². The van der Waals surface area contributed by atoms with E-state index in [0.29, 0.717) is 0 Å². The lowest BCUT2D eigenvalue weighted by atomic mass is 9.98. The van der Waals surface area contributed by atoms with Crippen molar-refractivity contribution < 1.29 is 4.79 Å². The maximum atomic E-state index is 12.8. The number of likely N-dealkylation sites (tertiary alicyclic amines) is 1. The fourth-order valence-corrected chi connectivity index (χ4v) is 3.03. The quantitative estimate of drug-likeness (QED) is 0.882. The van der Waals surface area contributed by atoms with Gasteiger partial charge in [0.15, 0.2) is 0 Å². The van der Waals surface area contributed by atoms with Gasteiger partial charge in [0.25, 0.3) is 5.91 Å². The van der Waals surface area contributed by atoms with Crippen molar-refractivity contribution in [1.82, 2.24) is 4.90 Å². The summed E-state index contributed by atoms with van der Waals surface area (Å²) >= 11 is 0. The lowest BCUT2D eigenvalue weighted by Gasteiger charge is -2.22. The molecule has 3 nitrogen and oxygen atoms in total. The predicted octanol–water partition coefficient (Wildman–Crippen LogP) is 4.16. The van der Waals surface area contributed by atoms with Crippen LogP contribution in [0.5, 0.6) is 0 Å². The average molecular weight is 288 g/mol. The Hall–Kier alpha value is -1.51. The third kappa shape index (κ3) is 4.23. The molecule has 21 heavy (non-hydrogen) atoms. The first-order valence-corrected chi connectivity index (χ1v) is 8.38. The third-order valence-corrected chi connectivity index (χ3v) is 4.44. The van der Waals surface area contributed by atoms with Crippen molar-refractivity contribution in [3.8, 4) is 0 Å². The van der Waals surface area contributed by atoms with Crippen LogP contribution in [-0.2, 0) is 0 Å². The van der Waals surface area contributed by atoms with Crippen molar-refractivity contribution >= 4 is 11.6 Å². The Morgan fingerprint density at radius 2 is 2.05 bits per heavy atom. The molecule has 0 spiro atoms. The van der Waals surface area contributed by atoms with E-state index in [2.05, 4.69) is 19.2 Å². The molecule has 1 unspecified atom stereocenters. The molecule has 1 N–H and O–H groups in total. The number of hydrogen-bond acceptors (Lipinski definition) is 2. The first-order valence-electron chi connectivity index (χ1n) is 8.38. The van der Waals surface area contributed by atoms with E-state index < -0.39 is 0 Å². The summed E-state index contributed by atoms with van der Waals surface area (Å²) in [5, 5.41) is 3.37. The molecule has 0 aliphatic carbocycles. The Morgan fingerprint density at radius 3 is 2.81 bits per heavy atom. The summed E-state index contributed by atoms with van der Waals surface area (Å²) in [6.45, 7) is 7.10. The fraction of sp³-hybridized carbons (Fsp3) is 0.611. The van der Waals surface area contributed by atoms with Crippen LogP contribution in [0.4, 0.5) is 5.69 Å². The molecule has 1 fully saturated rings. The molecular formula is C18H28N2O. The second kappa shape index (κ2) is 8.06. The summed E-state index contributed by atoms with van der Waals surface area (Å²) in [4.78, 5) is 14.9. The summed E-state index contributed by atoms with van der Waals surface area (Å²) in [5.41, 5.74) is 1.79. The van der Waals surface area contributed by atoms with Crippen molar-refractivity contribution in [2.45, 2.75) is 46.0 Å². The van der Waals surface area contributed by atoms with Gasteiger partial charge in [-0.05, 0) is 43.7 Å². The summed E-state index contributed by atoms with van der Waals surface area (Å²) in [6, 6.07) is 7.90. The molecule has 0 aromatic heterocycles. The Kier molecular flexibility index (Phi) is 6.09. The number of rotatable bonds is 5. The van der Waals surface area contributed by atoms with Gasteiger partial charge in [0, 0.05) is 25.3 Å². The Bertz CT molecular complexity index is 458. The first kappa shape index (κ1) is 15.9. The Labute approximate surface area is 128 Å². The van der Waals surface area contributed by atoms with Gasteiger partial charge in [-0.25, -0.2) is 0 Å². The van der Waals surface area contributed by atoms with Gasteiger partial charge in [-0.1, -0.05) is 32.4 Å². The first-order chi connectivity index (χ1) is 10.3. The van der Waals surface area contributed by atoms with Gasteiger partial charge >= 0.3 is 0 Å². The predicted molar refractivity (Wildman–Crippen MR) is 88.8 cm³/mol. The van der Waals surface area contributed by atoms with Gasteiger partial charge in [0.1, 0.15) is 0 Å². The Morgan fingerprint density at radius 1 is 1.24 bits per heavy atom. The van der Waals surface area contributed by atoms with E-state index >= 15 is 0 Å². The summed E-state index contributed by atoms with van der Waals surface area (Å²) < 4.78 is 0. The zero-order valence-corrected chi connectivity index (χ0v) is 13.4. The van der Waals surface area contributed by atoms with E-state index in [-0.39, 0.29) is 5.91 Å². The Balaban J connectivity index is 2.08. The van der Waals surface area contributed by atoms with Crippen LogP contribution in [0, 0.1) is 5.92 Å². The van der Waals surface area contributed by atoms with E-state index in [1.54, 1.807) is 0 Å². The van der Waals surface area contributed by atoms with Gasteiger partial charge in [0.2, 0.25) is 0 Å². The van der Waals surface area contributed by atoms with Crippen molar-refractivity contribution in [2.75, 3.05) is 25.0 Å². The molecule has 1 amide bonds. The van der Waals surface area contributed by atoms with E-state index in [1.165, 1.54) is 12.8 Å². The van der Waals surface area contributed by atoms with Crippen LogP contribution in [0.3, 0.4) is 0 Å². The number of benzene rings is 1. The van der Waals surface area contributed by atoms with Gasteiger partial charge in [-0.15, -0.1) is 0 Å². The van der Waals surface area contributed by atoms with Crippen LogP contribution in [-0.4, -0.2) is 30.4 Å². The van der Waals surface area contributed by atoms with Crippen LogP contribution < -0.4 is 5.32 Å². The summed E-state index contributed by atoms with van der Waals surface area (Å²) in [7, 11) is 0. The molecule has 1 atom stereocenters. The zero-order chi connectivity index (χ0) is 15.1. The lowest BCUT2D eigenvalue weighted by molar-refractivity contribution is 0.0761. The standard InChI is InChI=1S/C18H28N2O/c1-3-12-19-17-10-6-5-9-16(17)18(21)20-13-7-8-15(4-2)11-14-20/h5-6,9-10,15,19H,3-4,7-8,11-14H2,1-2H3. The van der Waals surface area contributed by atoms with Gasteiger partial charge < -0.3 is 10.2 Å². The minimum atomic E-state index is 0.186. The fourth-order valence-electron chi connectivity index (χ4n) is 3.03. The number of nitrogens with zero attached hydrogens (tertiary/aromatic N) is 1. The van der Waals surface area contributed by atoms with Crippen LogP contribution in [0.25, 0.3) is 0 Å². The maximum Gasteiger partial charge on any atom is 0.255 e. The number of hydrogen-bond donors (Lipinski definition) is 1. The number of carbonyl (C=O) groups is 1. The third-order valence-electron chi connectivity index (χ3n) is 4.44. The van der Waals surface area contributed by atoms with Crippen LogP contribution in [0.15, 0.2) is 24.3 Å². The molecule has 1 aliphatic heterocycles. The van der Waals surface area contributed by atoms with Crippen molar-refractivity contribution in [1.29, 1.82) is 0 Å². The van der Waals surface area contributed by atoms with Gasteiger partial charge in [-0.3, -0.25) is 4.79 Å². The zero-order valence-electron chi connectivity index (χ0n) is 13.4. The highest BCUT2D eigenvalue weighted by atomic mass is 16.2. The number of nitrogens with one attached hydrogen (secondary N) is 1. The molecule has 1 heterocycles. The maximum absolute atomic E-state index is 12.8. The van der Waals surface area contributed by atoms with Crippen molar-refractivity contribution in [3.05, 3.63) is 29.8 Å². The molecule has 1 saturated heterocycles. The second-order valence-corrected chi connectivity index (χ2v) is 5.97. The molecular weight excluding hydrogens is 260 g/mol. The molecule has 1 aromatic carbocycles. The highest BCUT2D eigenvalue weighted by molar-refractivity contribution is 5.99. The minimum absolute atomic E-state index is 0.186. The molecule has 2 rings (SSSR count). The number of anilines is 1.